The average Bonchev–Trinajstić information content (AvgIpc) is 2.42. The summed E-state index contributed by atoms with van der Waals surface area (Å²) in [6, 6.07) is 9.04. The van der Waals surface area contributed by atoms with Crippen LogP contribution in [-0.2, 0) is 0 Å². The number of carbonyl (C=O) groups is 1. The number of rotatable bonds is 3. The van der Waals surface area contributed by atoms with Crippen molar-refractivity contribution in [3.63, 3.8) is 0 Å². The first kappa shape index (κ1) is 14.1. The van der Waals surface area contributed by atoms with E-state index in [1.807, 2.05) is 0 Å². The highest BCUT2D eigenvalue weighted by atomic mass is 35.5. The molecular formula is C14H13ClFN3O. The number of nitrogen functional groups attached to an aromatic ring is 1. The Morgan fingerprint density at radius 1 is 1.20 bits per heavy atom. The van der Waals surface area contributed by atoms with E-state index >= 15 is 0 Å². The van der Waals surface area contributed by atoms with Gasteiger partial charge in [0.2, 0.25) is 0 Å². The minimum atomic E-state index is -0.479. The molecule has 0 fully saturated rings. The van der Waals surface area contributed by atoms with Crippen LogP contribution in [0.5, 0.6) is 0 Å². The number of benzene rings is 2. The van der Waals surface area contributed by atoms with Gasteiger partial charge in [0.25, 0.3) is 5.91 Å². The number of halogens is 2. The number of hydrogen-bond donors (Lipinski definition) is 3. The highest BCUT2D eigenvalue weighted by molar-refractivity contribution is 6.30. The van der Waals surface area contributed by atoms with Crippen LogP contribution >= 0.6 is 11.6 Å². The molecule has 0 spiro atoms. The Balaban J connectivity index is 2.28. The van der Waals surface area contributed by atoms with Crippen molar-refractivity contribution in [2.24, 2.45) is 0 Å². The molecule has 4 nitrogen and oxygen atoms in total. The van der Waals surface area contributed by atoms with Gasteiger partial charge < -0.3 is 16.4 Å². The Labute approximate surface area is 120 Å². The molecule has 6 heteroatoms. The summed E-state index contributed by atoms with van der Waals surface area (Å²) in [7, 11) is 1.54. The monoisotopic (exact) mass is 293 g/mol. The fourth-order valence-corrected chi connectivity index (χ4v) is 1.86. The van der Waals surface area contributed by atoms with Crippen molar-refractivity contribution < 1.29 is 9.18 Å². The largest absolute Gasteiger partial charge is 0.397 e. The maximum atomic E-state index is 13.7. The Morgan fingerprint density at radius 2 is 1.90 bits per heavy atom. The molecule has 0 heterocycles. The van der Waals surface area contributed by atoms with Crippen molar-refractivity contribution in [2.45, 2.75) is 0 Å². The maximum absolute atomic E-state index is 13.7. The molecule has 0 unspecified atom stereocenters. The van der Waals surface area contributed by atoms with Crippen molar-refractivity contribution >= 4 is 34.6 Å². The van der Waals surface area contributed by atoms with Gasteiger partial charge in [0.05, 0.1) is 17.1 Å². The molecular weight excluding hydrogens is 281 g/mol. The molecule has 0 aliphatic heterocycles. The van der Waals surface area contributed by atoms with Gasteiger partial charge in [0, 0.05) is 17.6 Å². The van der Waals surface area contributed by atoms with Crippen LogP contribution in [0.25, 0.3) is 0 Å². The molecule has 20 heavy (non-hydrogen) atoms. The van der Waals surface area contributed by atoms with Gasteiger partial charge >= 0.3 is 0 Å². The average molecular weight is 294 g/mol. The lowest BCUT2D eigenvalue weighted by molar-refractivity contribution is 0.0963. The number of carbonyl (C=O) groups excluding carboxylic acids is 1. The van der Waals surface area contributed by atoms with E-state index in [-0.39, 0.29) is 11.6 Å². The van der Waals surface area contributed by atoms with Crippen LogP contribution in [0.2, 0.25) is 5.02 Å². The van der Waals surface area contributed by atoms with E-state index in [1.165, 1.54) is 25.2 Å². The number of amides is 1. The standard InChI is InChI=1S/C14H13ClFN3O/c1-18-14(20)8-2-4-13(11(17)6-8)19-12-5-3-9(15)7-10(12)16/h2-7,19H,17H2,1H3,(H,18,20). The summed E-state index contributed by atoms with van der Waals surface area (Å²) in [5, 5.41) is 5.68. The lowest BCUT2D eigenvalue weighted by atomic mass is 10.1. The molecule has 0 bridgehead atoms. The molecule has 2 rings (SSSR count). The summed E-state index contributed by atoms with van der Waals surface area (Å²) < 4.78 is 13.7. The van der Waals surface area contributed by atoms with Gasteiger partial charge in [-0.25, -0.2) is 4.39 Å². The Bertz CT molecular complexity index is 661. The van der Waals surface area contributed by atoms with Crippen LogP contribution in [0.4, 0.5) is 21.5 Å². The third-order valence-corrected chi connectivity index (χ3v) is 2.98. The number of nitrogens with two attached hydrogens (primary N) is 1. The number of hydrogen-bond acceptors (Lipinski definition) is 3. The van der Waals surface area contributed by atoms with Crippen LogP contribution in [0.15, 0.2) is 36.4 Å². The first-order valence-electron chi connectivity index (χ1n) is 5.85. The summed E-state index contributed by atoms with van der Waals surface area (Å²) in [5.41, 5.74) is 7.41. The highest BCUT2D eigenvalue weighted by Gasteiger charge is 2.08. The normalized spacial score (nSPS) is 10.2. The molecule has 4 N–H and O–H groups in total. The summed E-state index contributed by atoms with van der Waals surface area (Å²) in [5.74, 6) is -0.715. The zero-order chi connectivity index (χ0) is 14.7. The van der Waals surface area contributed by atoms with Crippen LogP contribution in [-0.4, -0.2) is 13.0 Å². The van der Waals surface area contributed by atoms with Crippen molar-refractivity contribution in [2.75, 3.05) is 18.1 Å². The van der Waals surface area contributed by atoms with E-state index in [9.17, 15) is 9.18 Å². The van der Waals surface area contributed by atoms with E-state index in [4.69, 9.17) is 17.3 Å². The SMILES string of the molecule is CNC(=O)c1ccc(Nc2ccc(Cl)cc2F)c(N)c1. The van der Waals surface area contributed by atoms with Gasteiger partial charge in [-0.2, -0.15) is 0 Å². The van der Waals surface area contributed by atoms with E-state index < -0.39 is 5.82 Å². The van der Waals surface area contributed by atoms with Crippen LogP contribution < -0.4 is 16.4 Å². The third-order valence-electron chi connectivity index (χ3n) is 2.74. The quantitative estimate of drug-likeness (QED) is 0.762. The van der Waals surface area contributed by atoms with Crippen molar-refractivity contribution in [1.82, 2.24) is 5.32 Å². The summed E-state index contributed by atoms with van der Waals surface area (Å²) >= 11 is 5.69. The number of nitrogens with one attached hydrogen (secondary N) is 2. The van der Waals surface area contributed by atoms with E-state index in [0.29, 0.717) is 22.0 Å². The summed E-state index contributed by atoms with van der Waals surface area (Å²) in [6.45, 7) is 0. The molecule has 2 aromatic carbocycles. The molecule has 0 atom stereocenters. The first-order valence-corrected chi connectivity index (χ1v) is 6.22. The Kier molecular flexibility index (Phi) is 4.10. The van der Waals surface area contributed by atoms with Crippen LogP contribution in [0.1, 0.15) is 10.4 Å². The molecule has 0 aromatic heterocycles. The van der Waals surface area contributed by atoms with E-state index in [2.05, 4.69) is 10.6 Å². The van der Waals surface area contributed by atoms with Gasteiger partial charge in [-0.05, 0) is 36.4 Å². The molecule has 0 saturated heterocycles. The molecule has 0 radical (unpaired) electrons. The fraction of sp³-hybridized carbons (Fsp3) is 0.0714. The second-order valence-electron chi connectivity index (χ2n) is 4.13. The first-order chi connectivity index (χ1) is 9.51. The minimum absolute atomic E-state index is 0.235. The lowest BCUT2D eigenvalue weighted by Crippen LogP contribution is -2.18. The Hall–Kier alpha value is -2.27. The number of anilines is 3. The van der Waals surface area contributed by atoms with Gasteiger partial charge in [-0.3, -0.25) is 4.79 Å². The predicted octanol–water partition coefficient (Wildman–Crippen LogP) is 3.16. The minimum Gasteiger partial charge on any atom is -0.397 e. The topological polar surface area (TPSA) is 67.2 Å². The molecule has 2 aromatic rings. The van der Waals surface area contributed by atoms with Gasteiger partial charge in [-0.1, -0.05) is 11.6 Å². The Morgan fingerprint density at radius 3 is 2.50 bits per heavy atom. The van der Waals surface area contributed by atoms with Gasteiger partial charge in [0.15, 0.2) is 0 Å². The smallest absolute Gasteiger partial charge is 0.251 e. The highest BCUT2D eigenvalue weighted by Crippen LogP contribution is 2.27. The van der Waals surface area contributed by atoms with Crippen molar-refractivity contribution in [3.05, 3.63) is 52.8 Å². The van der Waals surface area contributed by atoms with Crippen LogP contribution in [0.3, 0.4) is 0 Å². The molecule has 104 valence electrons. The summed E-state index contributed by atoms with van der Waals surface area (Å²) in [6.07, 6.45) is 0. The fourth-order valence-electron chi connectivity index (χ4n) is 1.70. The summed E-state index contributed by atoms with van der Waals surface area (Å²) in [4.78, 5) is 11.5. The second-order valence-corrected chi connectivity index (χ2v) is 4.57. The second kappa shape index (κ2) is 5.79. The van der Waals surface area contributed by atoms with Crippen LogP contribution in [0, 0.1) is 5.82 Å². The van der Waals surface area contributed by atoms with E-state index in [0.717, 1.165) is 0 Å². The van der Waals surface area contributed by atoms with Gasteiger partial charge in [-0.15, -0.1) is 0 Å². The van der Waals surface area contributed by atoms with E-state index in [1.54, 1.807) is 18.2 Å². The van der Waals surface area contributed by atoms with Crippen molar-refractivity contribution in [1.29, 1.82) is 0 Å². The predicted molar refractivity (Wildman–Crippen MR) is 78.9 cm³/mol. The molecule has 0 aliphatic rings. The molecule has 0 saturated carbocycles. The maximum Gasteiger partial charge on any atom is 0.251 e. The molecule has 1 amide bonds. The molecule has 0 aliphatic carbocycles. The lowest BCUT2D eigenvalue weighted by Gasteiger charge is -2.11. The van der Waals surface area contributed by atoms with Crippen molar-refractivity contribution in [3.8, 4) is 0 Å². The third kappa shape index (κ3) is 3.00. The zero-order valence-electron chi connectivity index (χ0n) is 10.7. The zero-order valence-corrected chi connectivity index (χ0v) is 11.5. The van der Waals surface area contributed by atoms with Gasteiger partial charge in [0.1, 0.15) is 5.82 Å².